The Kier molecular flexibility index (Phi) is 6.60. The number of amides is 1. The van der Waals surface area contributed by atoms with E-state index in [1.165, 1.54) is 12.8 Å². The van der Waals surface area contributed by atoms with Crippen LogP contribution in [0.25, 0.3) is 11.3 Å². The van der Waals surface area contributed by atoms with Gasteiger partial charge in [-0.15, -0.1) is 10.2 Å². The minimum absolute atomic E-state index is 0.00612. The van der Waals surface area contributed by atoms with E-state index in [1.807, 2.05) is 73.7 Å². The number of rotatable bonds is 6. The van der Waals surface area contributed by atoms with Gasteiger partial charge in [0, 0.05) is 24.3 Å². The second-order valence-electron chi connectivity index (χ2n) is 8.39. The highest BCUT2D eigenvalue weighted by Crippen LogP contribution is 2.26. The molecule has 1 aromatic heterocycles. The van der Waals surface area contributed by atoms with Crippen molar-refractivity contribution in [2.75, 3.05) is 23.3 Å². The molecule has 1 atom stereocenters. The molecule has 5 heteroatoms. The van der Waals surface area contributed by atoms with Gasteiger partial charge in [0.2, 0.25) is 5.91 Å². The van der Waals surface area contributed by atoms with Crippen molar-refractivity contribution in [3.8, 4) is 11.3 Å². The van der Waals surface area contributed by atoms with Gasteiger partial charge in [-0.05, 0) is 55.0 Å². The second kappa shape index (κ2) is 9.73. The van der Waals surface area contributed by atoms with E-state index in [9.17, 15) is 4.79 Å². The minimum atomic E-state index is -0.170. The van der Waals surface area contributed by atoms with E-state index in [2.05, 4.69) is 27.3 Å². The number of hydrogen-bond donors (Lipinski definition) is 1. The average molecular weight is 415 g/mol. The molecule has 1 saturated heterocycles. The van der Waals surface area contributed by atoms with Gasteiger partial charge in [-0.25, -0.2) is 0 Å². The number of piperidine rings is 1. The van der Waals surface area contributed by atoms with Crippen LogP contribution in [0.2, 0.25) is 0 Å². The largest absolute Gasteiger partial charge is 0.355 e. The van der Waals surface area contributed by atoms with Gasteiger partial charge in [-0.1, -0.05) is 56.3 Å². The Balaban J connectivity index is 1.46. The van der Waals surface area contributed by atoms with Crippen molar-refractivity contribution in [3.05, 3.63) is 72.3 Å². The third-order valence-electron chi connectivity index (χ3n) is 6.11. The predicted molar refractivity (Wildman–Crippen MR) is 126 cm³/mol. The van der Waals surface area contributed by atoms with Gasteiger partial charge in [0.15, 0.2) is 5.82 Å². The first-order valence-electron chi connectivity index (χ1n) is 11.2. The van der Waals surface area contributed by atoms with Crippen LogP contribution in [0.4, 0.5) is 11.5 Å². The number of hydrogen-bond acceptors (Lipinski definition) is 4. The third-order valence-corrected chi connectivity index (χ3v) is 6.11. The quantitative estimate of drug-likeness (QED) is 0.578. The Morgan fingerprint density at radius 3 is 2.48 bits per heavy atom. The van der Waals surface area contributed by atoms with Crippen LogP contribution < -0.4 is 10.2 Å². The normalized spacial score (nSPS) is 15.5. The predicted octanol–water partition coefficient (Wildman–Crippen LogP) is 5.51. The Labute approximate surface area is 184 Å². The summed E-state index contributed by atoms with van der Waals surface area (Å²) in [7, 11) is 0. The van der Waals surface area contributed by atoms with Crippen molar-refractivity contribution < 1.29 is 4.79 Å². The van der Waals surface area contributed by atoms with Gasteiger partial charge >= 0.3 is 0 Å². The van der Waals surface area contributed by atoms with Crippen LogP contribution in [0.1, 0.15) is 44.6 Å². The molecule has 0 radical (unpaired) electrons. The SMILES string of the molecule is CCC(C(=O)Nc1cccc(-c2ccc(N3CCC(C)CC3)nn2)c1)c1ccccc1. The molecule has 4 rings (SSSR count). The smallest absolute Gasteiger partial charge is 0.231 e. The van der Waals surface area contributed by atoms with Gasteiger partial charge in [-0.2, -0.15) is 0 Å². The molecule has 0 saturated carbocycles. The summed E-state index contributed by atoms with van der Waals surface area (Å²) >= 11 is 0. The lowest BCUT2D eigenvalue weighted by molar-refractivity contribution is -0.117. The Morgan fingerprint density at radius 2 is 1.81 bits per heavy atom. The number of nitrogens with zero attached hydrogens (tertiary/aromatic N) is 3. The standard InChI is InChI=1S/C26H30N4O/c1-3-23(20-8-5-4-6-9-20)26(31)27-22-11-7-10-21(18-22)24-12-13-25(29-28-24)30-16-14-19(2)15-17-30/h4-13,18-19,23H,3,14-17H2,1-2H3,(H,27,31). The zero-order chi connectivity index (χ0) is 21.6. The van der Waals surface area contributed by atoms with Crippen molar-refractivity contribution in [2.45, 2.75) is 39.0 Å². The van der Waals surface area contributed by atoms with Crippen LogP contribution in [-0.2, 0) is 4.79 Å². The molecular formula is C26H30N4O. The van der Waals surface area contributed by atoms with Gasteiger partial charge in [0.25, 0.3) is 0 Å². The average Bonchev–Trinajstić information content (AvgIpc) is 2.81. The number of nitrogens with one attached hydrogen (secondary N) is 1. The maximum atomic E-state index is 12.9. The van der Waals surface area contributed by atoms with Crippen molar-refractivity contribution in [1.29, 1.82) is 0 Å². The van der Waals surface area contributed by atoms with Crippen LogP contribution in [0.15, 0.2) is 66.7 Å². The summed E-state index contributed by atoms with van der Waals surface area (Å²) in [5, 5.41) is 12.0. The number of benzene rings is 2. The highest BCUT2D eigenvalue weighted by atomic mass is 16.1. The first kappa shape index (κ1) is 21.0. The summed E-state index contributed by atoms with van der Waals surface area (Å²) < 4.78 is 0. The fourth-order valence-electron chi connectivity index (χ4n) is 4.13. The summed E-state index contributed by atoms with van der Waals surface area (Å²) in [5.74, 6) is 1.56. The lowest BCUT2D eigenvalue weighted by atomic mass is 9.95. The van der Waals surface area contributed by atoms with E-state index in [0.717, 1.165) is 53.8 Å². The topological polar surface area (TPSA) is 58.1 Å². The summed E-state index contributed by atoms with van der Waals surface area (Å²) in [6.07, 6.45) is 3.15. The summed E-state index contributed by atoms with van der Waals surface area (Å²) in [5.41, 5.74) is 3.55. The van der Waals surface area contributed by atoms with Crippen molar-refractivity contribution in [2.24, 2.45) is 5.92 Å². The molecule has 1 unspecified atom stereocenters. The van der Waals surface area contributed by atoms with Crippen molar-refractivity contribution in [1.82, 2.24) is 10.2 Å². The van der Waals surface area contributed by atoms with E-state index in [-0.39, 0.29) is 11.8 Å². The molecule has 1 fully saturated rings. The maximum absolute atomic E-state index is 12.9. The summed E-state index contributed by atoms with van der Waals surface area (Å²) in [4.78, 5) is 15.2. The second-order valence-corrected chi connectivity index (χ2v) is 8.39. The molecule has 31 heavy (non-hydrogen) atoms. The lowest BCUT2D eigenvalue weighted by Crippen LogP contribution is -2.33. The van der Waals surface area contributed by atoms with Gasteiger partial charge in [-0.3, -0.25) is 4.79 Å². The van der Waals surface area contributed by atoms with E-state index in [1.54, 1.807) is 0 Å². The Morgan fingerprint density at radius 1 is 1.03 bits per heavy atom. The lowest BCUT2D eigenvalue weighted by Gasteiger charge is -2.30. The highest BCUT2D eigenvalue weighted by molar-refractivity contribution is 5.96. The Hall–Kier alpha value is -3.21. The monoisotopic (exact) mass is 414 g/mol. The first-order chi connectivity index (χ1) is 15.1. The molecule has 3 aromatic rings. The molecule has 5 nitrogen and oxygen atoms in total. The van der Waals surface area contributed by atoms with Crippen LogP contribution in [0, 0.1) is 5.92 Å². The number of anilines is 2. The molecule has 0 spiro atoms. The van der Waals surface area contributed by atoms with Gasteiger partial charge < -0.3 is 10.2 Å². The molecule has 1 aliphatic heterocycles. The third kappa shape index (κ3) is 5.10. The molecular weight excluding hydrogens is 384 g/mol. The fourth-order valence-corrected chi connectivity index (χ4v) is 4.13. The van der Waals surface area contributed by atoms with E-state index in [0.29, 0.717) is 0 Å². The van der Waals surface area contributed by atoms with Crippen molar-refractivity contribution >= 4 is 17.4 Å². The molecule has 0 aliphatic carbocycles. The van der Waals surface area contributed by atoms with Crippen molar-refractivity contribution in [3.63, 3.8) is 0 Å². The van der Waals surface area contributed by atoms with E-state index < -0.39 is 0 Å². The molecule has 2 heterocycles. The van der Waals surface area contributed by atoms with E-state index in [4.69, 9.17) is 0 Å². The number of carbonyl (C=O) groups excluding carboxylic acids is 1. The Bertz CT molecular complexity index is 995. The van der Waals surface area contributed by atoms with Crippen LogP contribution in [-0.4, -0.2) is 29.2 Å². The molecule has 2 aromatic carbocycles. The highest BCUT2D eigenvalue weighted by Gasteiger charge is 2.19. The minimum Gasteiger partial charge on any atom is -0.355 e. The van der Waals surface area contributed by atoms with Crippen LogP contribution in [0.3, 0.4) is 0 Å². The first-order valence-corrected chi connectivity index (χ1v) is 11.2. The molecule has 1 amide bonds. The van der Waals surface area contributed by atoms with Gasteiger partial charge in [0.1, 0.15) is 0 Å². The summed E-state index contributed by atoms with van der Waals surface area (Å²) in [6, 6.07) is 21.8. The van der Waals surface area contributed by atoms with Gasteiger partial charge in [0.05, 0.1) is 11.6 Å². The van der Waals surface area contributed by atoms with Crippen LogP contribution in [0.5, 0.6) is 0 Å². The maximum Gasteiger partial charge on any atom is 0.231 e. The molecule has 1 N–H and O–H groups in total. The van der Waals surface area contributed by atoms with Crippen LogP contribution >= 0.6 is 0 Å². The fraction of sp³-hybridized carbons (Fsp3) is 0.346. The molecule has 1 aliphatic rings. The number of aromatic nitrogens is 2. The number of carbonyl (C=O) groups is 1. The molecule has 160 valence electrons. The summed E-state index contributed by atoms with van der Waals surface area (Å²) in [6.45, 7) is 6.42. The van der Waals surface area contributed by atoms with E-state index >= 15 is 0 Å². The zero-order valence-electron chi connectivity index (χ0n) is 18.3. The molecule has 0 bridgehead atoms. The zero-order valence-corrected chi connectivity index (χ0v) is 18.3.